The molecule has 1 N–H and O–H groups in total. The Bertz CT molecular complexity index is 936. The van der Waals surface area contributed by atoms with Crippen LogP contribution in [0.15, 0.2) is 43.0 Å². The molecule has 4 rings (SSSR count). The first-order chi connectivity index (χ1) is 13.6. The van der Waals surface area contributed by atoms with Crippen molar-refractivity contribution in [1.29, 1.82) is 0 Å². The van der Waals surface area contributed by atoms with Crippen LogP contribution in [0.4, 0.5) is 11.6 Å². The lowest BCUT2D eigenvalue weighted by Crippen LogP contribution is -2.32. The Labute approximate surface area is 166 Å². The summed E-state index contributed by atoms with van der Waals surface area (Å²) in [6.45, 7) is 7.92. The van der Waals surface area contributed by atoms with Crippen molar-refractivity contribution < 1.29 is 0 Å². The number of hydrogen-bond acceptors (Lipinski definition) is 6. The fourth-order valence-corrected chi connectivity index (χ4v) is 3.58. The molecule has 0 fully saturated rings. The summed E-state index contributed by atoms with van der Waals surface area (Å²) in [5, 5.41) is 3.64. The van der Waals surface area contributed by atoms with Crippen molar-refractivity contribution in [2.24, 2.45) is 0 Å². The summed E-state index contributed by atoms with van der Waals surface area (Å²) in [7, 11) is 0. The van der Waals surface area contributed by atoms with Crippen LogP contribution in [0.5, 0.6) is 0 Å². The summed E-state index contributed by atoms with van der Waals surface area (Å²) in [6, 6.07) is 8.56. The summed E-state index contributed by atoms with van der Waals surface area (Å²) >= 11 is 0. The van der Waals surface area contributed by atoms with Crippen molar-refractivity contribution in [3.63, 3.8) is 0 Å². The van der Waals surface area contributed by atoms with Crippen LogP contribution in [0.1, 0.15) is 47.5 Å². The van der Waals surface area contributed by atoms with E-state index in [1.54, 1.807) is 6.33 Å². The fourth-order valence-electron chi connectivity index (χ4n) is 3.58. The molecule has 0 radical (unpaired) electrons. The Morgan fingerprint density at radius 2 is 1.93 bits per heavy atom. The number of aromatic nitrogens is 4. The zero-order valence-electron chi connectivity index (χ0n) is 16.7. The van der Waals surface area contributed by atoms with Crippen LogP contribution in [0.25, 0.3) is 0 Å². The van der Waals surface area contributed by atoms with Gasteiger partial charge in [0.2, 0.25) is 0 Å². The molecule has 6 heteroatoms. The summed E-state index contributed by atoms with van der Waals surface area (Å²) in [5.41, 5.74) is 5.66. The third kappa shape index (κ3) is 3.81. The van der Waals surface area contributed by atoms with Gasteiger partial charge in [0.15, 0.2) is 0 Å². The predicted molar refractivity (Wildman–Crippen MR) is 111 cm³/mol. The molecule has 0 aliphatic carbocycles. The molecule has 1 atom stereocenters. The van der Waals surface area contributed by atoms with E-state index in [9.17, 15) is 0 Å². The molecule has 6 nitrogen and oxygen atoms in total. The quantitative estimate of drug-likeness (QED) is 0.728. The van der Waals surface area contributed by atoms with E-state index in [0.29, 0.717) is 0 Å². The van der Waals surface area contributed by atoms with Gasteiger partial charge in [-0.15, -0.1) is 0 Å². The fraction of sp³-hybridized carbons (Fsp3) is 0.364. The lowest BCUT2D eigenvalue weighted by atomic mass is 10.0. The van der Waals surface area contributed by atoms with Crippen molar-refractivity contribution >= 4 is 11.6 Å². The minimum absolute atomic E-state index is 0.167. The van der Waals surface area contributed by atoms with Gasteiger partial charge < -0.3 is 10.2 Å². The van der Waals surface area contributed by atoms with E-state index in [4.69, 9.17) is 0 Å². The third-order valence-electron chi connectivity index (χ3n) is 5.28. The molecule has 144 valence electrons. The maximum absolute atomic E-state index is 4.59. The van der Waals surface area contributed by atoms with E-state index in [1.165, 1.54) is 11.1 Å². The van der Waals surface area contributed by atoms with Crippen molar-refractivity contribution in [2.75, 3.05) is 16.8 Å². The average Bonchev–Trinajstić information content (AvgIpc) is 2.73. The Morgan fingerprint density at radius 1 is 1.04 bits per heavy atom. The minimum Gasteiger partial charge on any atom is -0.363 e. The van der Waals surface area contributed by atoms with Gasteiger partial charge in [0, 0.05) is 43.2 Å². The molecule has 0 spiro atoms. The molecule has 0 amide bonds. The molecule has 1 aliphatic rings. The lowest BCUT2D eigenvalue weighted by Gasteiger charge is -2.31. The maximum atomic E-state index is 4.59. The summed E-state index contributed by atoms with van der Waals surface area (Å²) in [5.74, 6) is 1.91. The molecule has 1 aliphatic heterocycles. The number of pyridine rings is 2. The minimum atomic E-state index is 0.167. The van der Waals surface area contributed by atoms with Crippen LogP contribution in [0.3, 0.4) is 0 Å². The molecule has 0 aromatic carbocycles. The Hall–Kier alpha value is -3.02. The van der Waals surface area contributed by atoms with Crippen LogP contribution in [-0.2, 0) is 13.0 Å². The van der Waals surface area contributed by atoms with Crippen molar-refractivity contribution in [2.45, 2.75) is 46.2 Å². The highest BCUT2D eigenvalue weighted by molar-refractivity contribution is 5.53. The molecule has 3 aromatic rings. The van der Waals surface area contributed by atoms with E-state index in [0.717, 1.165) is 54.5 Å². The lowest BCUT2D eigenvalue weighted by molar-refractivity contribution is 0.686. The zero-order chi connectivity index (χ0) is 19.5. The third-order valence-corrected chi connectivity index (χ3v) is 5.28. The van der Waals surface area contributed by atoms with Crippen molar-refractivity contribution in [3.05, 3.63) is 71.1 Å². The second kappa shape index (κ2) is 7.92. The van der Waals surface area contributed by atoms with E-state index in [-0.39, 0.29) is 6.04 Å². The smallest absolute Gasteiger partial charge is 0.135 e. The number of nitrogens with one attached hydrogen (secondary N) is 1. The molecule has 3 aromatic heterocycles. The standard InChI is InChI=1S/C22H26N6/c1-4-19(17-7-6-16(3)23-12-17)27-22-18-13-28(10-9-20(18)25-14-26-22)21-8-5-15(2)11-24-21/h5-8,11-12,14,19H,4,9-10,13H2,1-3H3,(H,25,26,27)/t19-/m1/s1. The number of fused-ring (bicyclic) bond motifs is 1. The highest BCUT2D eigenvalue weighted by Gasteiger charge is 2.23. The summed E-state index contributed by atoms with van der Waals surface area (Å²) < 4.78 is 0. The largest absolute Gasteiger partial charge is 0.363 e. The monoisotopic (exact) mass is 374 g/mol. The van der Waals surface area contributed by atoms with Crippen LogP contribution < -0.4 is 10.2 Å². The number of rotatable bonds is 5. The molecule has 0 saturated carbocycles. The molecule has 0 bridgehead atoms. The van der Waals surface area contributed by atoms with Gasteiger partial charge >= 0.3 is 0 Å². The molecule has 28 heavy (non-hydrogen) atoms. The van der Waals surface area contributed by atoms with Crippen LogP contribution in [0, 0.1) is 13.8 Å². The van der Waals surface area contributed by atoms with E-state index in [2.05, 4.69) is 68.3 Å². The van der Waals surface area contributed by atoms with Gasteiger partial charge in [0.1, 0.15) is 18.0 Å². The summed E-state index contributed by atoms with van der Waals surface area (Å²) in [6.07, 6.45) is 7.38. The first kappa shape index (κ1) is 18.3. The topological polar surface area (TPSA) is 66.8 Å². The SMILES string of the molecule is CC[C@@H](Nc1ncnc2c1CN(c1ccc(C)cn1)CC2)c1ccc(C)nc1. The first-order valence-electron chi connectivity index (χ1n) is 9.83. The molecule has 0 unspecified atom stereocenters. The van der Waals surface area contributed by atoms with Crippen molar-refractivity contribution in [3.8, 4) is 0 Å². The van der Waals surface area contributed by atoms with E-state index < -0.39 is 0 Å². The predicted octanol–water partition coefficient (Wildman–Crippen LogP) is 4.01. The Morgan fingerprint density at radius 3 is 2.64 bits per heavy atom. The average molecular weight is 374 g/mol. The first-order valence-corrected chi connectivity index (χ1v) is 9.83. The molecular formula is C22H26N6. The second-order valence-corrected chi connectivity index (χ2v) is 7.35. The summed E-state index contributed by atoms with van der Waals surface area (Å²) in [4.78, 5) is 20.4. The highest BCUT2D eigenvalue weighted by atomic mass is 15.2. The van der Waals surface area contributed by atoms with E-state index >= 15 is 0 Å². The number of nitrogens with zero attached hydrogens (tertiary/aromatic N) is 5. The zero-order valence-corrected chi connectivity index (χ0v) is 16.7. The molecule has 4 heterocycles. The normalized spacial score (nSPS) is 14.5. The van der Waals surface area contributed by atoms with E-state index in [1.807, 2.05) is 19.3 Å². The number of aryl methyl sites for hydroxylation is 2. The van der Waals surface area contributed by atoms with Crippen LogP contribution >= 0.6 is 0 Å². The van der Waals surface area contributed by atoms with Gasteiger partial charge in [0.25, 0.3) is 0 Å². The van der Waals surface area contributed by atoms with Gasteiger partial charge in [-0.25, -0.2) is 15.0 Å². The van der Waals surface area contributed by atoms with Gasteiger partial charge in [0.05, 0.1) is 11.7 Å². The van der Waals surface area contributed by atoms with Gasteiger partial charge in [-0.05, 0) is 43.5 Å². The van der Waals surface area contributed by atoms with Gasteiger partial charge in [-0.2, -0.15) is 0 Å². The maximum Gasteiger partial charge on any atom is 0.135 e. The van der Waals surface area contributed by atoms with Gasteiger partial charge in [-0.3, -0.25) is 4.98 Å². The highest BCUT2D eigenvalue weighted by Crippen LogP contribution is 2.29. The molecule has 0 saturated heterocycles. The molecular weight excluding hydrogens is 348 g/mol. The Balaban J connectivity index is 1.59. The van der Waals surface area contributed by atoms with Crippen molar-refractivity contribution in [1.82, 2.24) is 19.9 Å². The van der Waals surface area contributed by atoms with Crippen LogP contribution in [-0.4, -0.2) is 26.5 Å². The number of anilines is 2. The Kier molecular flexibility index (Phi) is 5.19. The van der Waals surface area contributed by atoms with Gasteiger partial charge in [-0.1, -0.05) is 19.1 Å². The second-order valence-electron chi connectivity index (χ2n) is 7.35. The van der Waals surface area contributed by atoms with Crippen LogP contribution in [0.2, 0.25) is 0 Å². The number of hydrogen-bond donors (Lipinski definition) is 1.